The number of carbonyl (C=O) groups excluding carboxylic acids is 3. The van der Waals surface area contributed by atoms with Crippen LogP contribution in [-0.2, 0) is 25.7 Å². The molecular weight excluding hydrogens is 384 g/mol. The zero-order chi connectivity index (χ0) is 21.4. The summed E-state index contributed by atoms with van der Waals surface area (Å²) < 4.78 is 10.5. The molecule has 1 aliphatic heterocycles. The van der Waals surface area contributed by atoms with Gasteiger partial charge in [-0.05, 0) is 38.2 Å². The Labute approximate surface area is 178 Å². The van der Waals surface area contributed by atoms with Gasteiger partial charge in [-0.15, -0.1) is 0 Å². The highest BCUT2D eigenvalue weighted by Crippen LogP contribution is 2.33. The number of alkyl carbamates (subject to hydrolysis) is 1. The van der Waals surface area contributed by atoms with Crippen LogP contribution in [0.5, 0.6) is 0 Å². The standard InChI is InChI=1S/C23H32N2O5/c1-2-29-22(28)24-23(13-7-4-8-14-23)16-20(26)25-15-9-12-19(25)21(27)30-17-18-10-5-3-6-11-18/h3,5-6,10-11,19H,2,4,7-9,12-17H2,1H3,(H,24,28)/t19-/m0/s1. The third-order valence-electron chi connectivity index (χ3n) is 6.01. The maximum Gasteiger partial charge on any atom is 0.407 e. The van der Waals surface area contributed by atoms with Crippen molar-refractivity contribution in [2.75, 3.05) is 13.2 Å². The maximum atomic E-state index is 13.2. The normalized spacial score (nSPS) is 20.4. The van der Waals surface area contributed by atoms with Crippen LogP contribution in [0.3, 0.4) is 0 Å². The molecular formula is C23H32N2O5. The average Bonchev–Trinajstić information content (AvgIpc) is 3.24. The van der Waals surface area contributed by atoms with E-state index in [0.29, 0.717) is 13.0 Å². The lowest BCUT2D eigenvalue weighted by Crippen LogP contribution is -2.54. The first-order valence-electron chi connectivity index (χ1n) is 11.0. The molecule has 1 heterocycles. The number of benzene rings is 1. The Balaban J connectivity index is 1.61. The second kappa shape index (κ2) is 10.5. The van der Waals surface area contributed by atoms with Crippen LogP contribution < -0.4 is 5.32 Å². The Morgan fingerprint density at radius 1 is 1.07 bits per heavy atom. The summed E-state index contributed by atoms with van der Waals surface area (Å²) in [5.41, 5.74) is 0.323. The van der Waals surface area contributed by atoms with Crippen molar-refractivity contribution in [1.29, 1.82) is 0 Å². The van der Waals surface area contributed by atoms with E-state index in [1.54, 1.807) is 11.8 Å². The molecule has 7 heteroatoms. The molecule has 1 atom stereocenters. The first-order chi connectivity index (χ1) is 14.5. The number of ether oxygens (including phenoxy) is 2. The fourth-order valence-electron chi connectivity index (χ4n) is 4.48. The number of nitrogens with one attached hydrogen (secondary N) is 1. The van der Waals surface area contributed by atoms with Gasteiger partial charge >= 0.3 is 12.1 Å². The Morgan fingerprint density at radius 2 is 1.80 bits per heavy atom. The molecule has 0 radical (unpaired) electrons. The number of likely N-dealkylation sites (tertiary alicyclic amines) is 1. The molecule has 2 amide bonds. The van der Waals surface area contributed by atoms with Gasteiger partial charge in [0, 0.05) is 6.54 Å². The fraction of sp³-hybridized carbons (Fsp3) is 0.609. The van der Waals surface area contributed by atoms with Crippen molar-refractivity contribution in [3.63, 3.8) is 0 Å². The number of hydrogen-bond donors (Lipinski definition) is 1. The Bertz CT molecular complexity index is 730. The van der Waals surface area contributed by atoms with E-state index in [1.807, 2.05) is 30.3 Å². The predicted octanol–water partition coefficient (Wildman–Crippen LogP) is 3.56. The highest BCUT2D eigenvalue weighted by Gasteiger charge is 2.41. The monoisotopic (exact) mass is 416 g/mol. The van der Waals surface area contributed by atoms with Crippen LogP contribution in [0.15, 0.2) is 30.3 Å². The molecule has 0 spiro atoms. The van der Waals surface area contributed by atoms with Crippen LogP contribution in [0.1, 0.15) is 63.9 Å². The van der Waals surface area contributed by atoms with E-state index in [-0.39, 0.29) is 31.5 Å². The van der Waals surface area contributed by atoms with E-state index in [4.69, 9.17) is 9.47 Å². The summed E-state index contributed by atoms with van der Waals surface area (Å²) in [6.45, 7) is 2.79. The average molecular weight is 417 g/mol. The van der Waals surface area contributed by atoms with Crippen LogP contribution in [0.25, 0.3) is 0 Å². The first kappa shape index (κ1) is 22.1. The minimum Gasteiger partial charge on any atom is -0.459 e. The minimum absolute atomic E-state index is 0.104. The van der Waals surface area contributed by atoms with Crippen LogP contribution in [-0.4, -0.2) is 47.6 Å². The summed E-state index contributed by atoms with van der Waals surface area (Å²) >= 11 is 0. The van der Waals surface area contributed by atoms with Crippen molar-refractivity contribution >= 4 is 18.0 Å². The Morgan fingerprint density at radius 3 is 2.50 bits per heavy atom. The van der Waals surface area contributed by atoms with Gasteiger partial charge < -0.3 is 19.7 Å². The van der Waals surface area contributed by atoms with Crippen molar-refractivity contribution < 1.29 is 23.9 Å². The second-order valence-corrected chi connectivity index (χ2v) is 8.20. The number of amides is 2. The molecule has 1 saturated heterocycles. The van der Waals surface area contributed by atoms with Crippen molar-refractivity contribution in [2.24, 2.45) is 0 Å². The van der Waals surface area contributed by atoms with Gasteiger partial charge in [-0.1, -0.05) is 49.6 Å². The molecule has 30 heavy (non-hydrogen) atoms. The van der Waals surface area contributed by atoms with Crippen molar-refractivity contribution in [1.82, 2.24) is 10.2 Å². The van der Waals surface area contributed by atoms with Crippen LogP contribution in [0.4, 0.5) is 4.79 Å². The third-order valence-corrected chi connectivity index (χ3v) is 6.01. The van der Waals surface area contributed by atoms with Gasteiger partial charge in [-0.25, -0.2) is 9.59 Å². The molecule has 164 valence electrons. The summed E-state index contributed by atoms with van der Waals surface area (Å²) in [5.74, 6) is -0.464. The van der Waals surface area contributed by atoms with Crippen LogP contribution >= 0.6 is 0 Å². The van der Waals surface area contributed by atoms with Crippen LogP contribution in [0.2, 0.25) is 0 Å². The molecule has 0 aromatic heterocycles. The summed E-state index contributed by atoms with van der Waals surface area (Å²) in [7, 11) is 0. The van der Waals surface area contributed by atoms with Gasteiger partial charge in [0.25, 0.3) is 0 Å². The van der Waals surface area contributed by atoms with Gasteiger partial charge in [-0.3, -0.25) is 4.79 Å². The third kappa shape index (κ3) is 5.74. The molecule has 0 unspecified atom stereocenters. The van der Waals surface area contributed by atoms with E-state index in [9.17, 15) is 14.4 Å². The molecule has 1 aliphatic carbocycles. The summed E-state index contributed by atoms with van der Waals surface area (Å²) in [4.78, 5) is 39.6. The molecule has 1 aromatic rings. The largest absolute Gasteiger partial charge is 0.459 e. The number of carbonyl (C=O) groups is 3. The van der Waals surface area contributed by atoms with E-state index in [2.05, 4.69) is 5.32 Å². The lowest BCUT2D eigenvalue weighted by atomic mass is 9.79. The van der Waals surface area contributed by atoms with E-state index >= 15 is 0 Å². The quantitative estimate of drug-likeness (QED) is 0.687. The number of rotatable bonds is 7. The van der Waals surface area contributed by atoms with Gasteiger partial charge in [0.15, 0.2) is 0 Å². The van der Waals surface area contributed by atoms with Gasteiger partial charge in [-0.2, -0.15) is 0 Å². The lowest BCUT2D eigenvalue weighted by Gasteiger charge is -2.38. The molecule has 2 aliphatic rings. The van der Waals surface area contributed by atoms with Gasteiger partial charge in [0.05, 0.1) is 18.6 Å². The van der Waals surface area contributed by atoms with Crippen molar-refractivity contribution in [3.05, 3.63) is 35.9 Å². The summed E-state index contributed by atoms with van der Waals surface area (Å²) in [6, 6.07) is 8.96. The number of nitrogens with zero attached hydrogens (tertiary/aromatic N) is 1. The van der Waals surface area contributed by atoms with Gasteiger partial charge in [0.1, 0.15) is 12.6 Å². The fourth-order valence-corrected chi connectivity index (χ4v) is 4.48. The number of esters is 1. The Kier molecular flexibility index (Phi) is 7.71. The topological polar surface area (TPSA) is 84.9 Å². The Hall–Kier alpha value is -2.57. The zero-order valence-electron chi connectivity index (χ0n) is 17.7. The first-order valence-corrected chi connectivity index (χ1v) is 11.0. The molecule has 3 rings (SSSR count). The van der Waals surface area contributed by atoms with Crippen molar-refractivity contribution in [2.45, 2.75) is 76.5 Å². The van der Waals surface area contributed by atoms with Crippen molar-refractivity contribution in [3.8, 4) is 0 Å². The highest BCUT2D eigenvalue weighted by molar-refractivity contribution is 5.86. The molecule has 7 nitrogen and oxygen atoms in total. The van der Waals surface area contributed by atoms with Crippen LogP contribution in [0, 0.1) is 0 Å². The molecule has 0 bridgehead atoms. The SMILES string of the molecule is CCOC(=O)NC1(CC(=O)N2CCC[C@H]2C(=O)OCc2ccccc2)CCCCC1. The molecule has 1 aromatic carbocycles. The molecule has 1 N–H and O–H groups in total. The zero-order valence-corrected chi connectivity index (χ0v) is 17.7. The number of hydrogen-bond acceptors (Lipinski definition) is 5. The second-order valence-electron chi connectivity index (χ2n) is 8.20. The minimum atomic E-state index is -0.595. The summed E-state index contributed by atoms with van der Waals surface area (Å²) in [5, 5.41) is 2.95. The highest BCUT2D eigenvalue weighted by atomic mass is 16.5. The predicted molar refractivity (Wildman–Crippen MR) is 112 cm³/mol. The lowest BCUT2D eigenvalue weighted by molar-refractivity contribution is -0.155. The van der Waals surface area contributed by atoms with E-state index < -0.39 is 17.7 Å². The maximum absolute atomic E-state index is 13.2. The molecule has 2 fully saturated rings. The van der Waals surface area contributed by atoms with E-state index in [0.717, 1.165) is 44.1 Å². The molecule has 1 saturated carbocycles. The van der Waals surface area contributed by atoms with Gasteiger partial charge in [0.2, 0.25) is 5.91 Å². The smallest absolute Gasteiger partial charge is 0.407 e. The summed E-state index contributed by atoms with van der Waals surface area (Å²) in [6.07, 6.45) is 5.60. The van der Waals surface area contributed by atoms with E-state index in [1.165, 1.54) is 0 Å².